The van der Waals surface area contributed by atoms with Gasteiger partial charge in [-0.1, -0.05) is 78.9 Å². The lowest BCUT2D eigenvalue weighted by molar-refractivity contribution is 1.18. The van der Waals surface area contributed by atoms with E-state index in [0.29, 0.717) is 16.7 Å². The zero-order valence-corrected chi connectivity index (χ0v) is 26.7. The van der Waals surface area contributed by atoms with E-state index in [0.717, 1.165) is 77.2 Å². The van der Waals surface area contributed by atoms with Gasteiger partial charge in [0.2, 0.25) is 0 Å². The average Bonchev–Trinajstić information content (AvgIpc) is 3.70. The number of hydrogen-bond donors (Lipinski definition) is 0. The molecule has 0 fully saturated rings. The Bertz CT molecular complexity index is 2920. The average molecular weight is 636 g/mol. The van der Waals surface area contributed by atoms with Crippen molar-refractivity contribution in [3.63, 3.8) is 0 Å². The SMILES string of the molecule is N#Cc1ccc2c(c1)c1c(C#N)cccc1n2-c1cccc(-c2cccc(-c3c(C#N)cccc3-n3c4ccccc4c4ccccc43)c2)c1. The van der Waals surface area contributed by atoms with Gasteiger partial charge in [-0.25, -0.2) is 0 Å². The Morgan fingerprint density at radius 1 is 0.400 bits per heavy atom. The molecule has 0 bridgehead atoms. The van der Waals surface area contributed by atoms with E-state index < -0.39 is 0 Å². The van der Waals surface area contributed by atoms with Crippen LogP contribution in [0.2, 0.25) is 0 Å². The van der Waals surface area contributed by atoms with E-state index in [2.05, 4.69) is 118 Å². The number of para-hydroxylation sites is 2. The Morgan fingerprint density at radius 2 is 1.00 bits per heavy atom. The molecule has 9 rings (SSSR count). The molecule has 0 saturated heterocycles. The molecule has 0 aliphatic carbocycles. The molecule has 5 nitrogen and oxygen atoms in total. The molecule has 50 heavy (non-hydrogen) atoms. The van der Waals surface area contributed by atoms with Gasteiger partial charge in [0, 0.05) is 32.8 Å². The summed E-state index contributed by atoms with van der Waals surface area (Å²) in [6.07, 6.45) is 0. The van der Waals surface area contributed by atoms with Gasteiger partial charge in [-0.05, 0) is 89.5 Å². The number of aromatic nitrogens is 2. The third-order valence-corrected chi connectivity index (χ3v) is 9.61. The number of hydrogen-bond acceptors (Lipinski definition) is 3. The van der Waals surface area contributed by atoms with Gasteiger partial charge in [0.1, 0.15) is 0 Å². The monoisotopic (exact) mass is 635 g/mol. The summed E-state index contributed by atoms with van der Waals surface area (Å²) in [5.41, 5.74) is 11.4. The van der Waals surface area contributed by atoms with E-state index in [-0.39, 0.29) is 0 Å². The lowest BCUT2D eigenvalue weighted by Crippen LogP contribution is -1.99. The summed E-state index contributed by atoms with van der Waals surface area (Å²) in [5.74, 6) is 0. The third kappa shape index (κ3) is 4.31. The van der Waals surface area contributed by atoms with Crippen LogP contribution in [0.3, 0.4) is 0 Å². The van der Waals surface area contributed by atoms with Crippen molar-refractivity contribution in [3.8, 4) is 51.8 Å². The molecule has 0 atom stereocenters. The van der Waals surface area contributed by atoms with Crippen molar-refractivity contribution in [3.05, 3.63) is 168 Å². The van der Waals surface area contributed by atoms with Gasteiger partial charge in [-0.15, -0.1) is 0 Å². The van der Waals surface area contributed by atoms with Crippen molar-refractivity contribution in [1.29, 1.82) is 15.8 Å². The third-order valence-electron chi connectivity index (χ3n) is 9.61. The topological polar surface area (TPSA) is 81.2 Å². The predicted molar refractivity (Wildman–Crippen MR) is 200 cm³/mol. The van der Waals surface area contributed by atoms with E-state index in [9.17, 15) is 15.8 Å². The van der Waals surface area contributed by atoms with Crippen molar-refractivity contribution >= 4 is 43.6 Å². The van der Waals surface area contributed by atoms with Gasteiger partial charge in [-0.2, -0.15) is 15.8 Å². The summed E-state index contributed by atoms with van der Waals surface area (Å²) in [4.78, 5) is 0. The molecule has 2 heterocycles. The first kappa shape index (κ1) is 28.8. The maximum absolute atomic E-state index is 10.4. The van der Waals surface area contributed by atoms with E-state index in [1.165, 1.54) is 0 Å². The van der Waals surface area contributed by atoms with Gasteiger partial charge in [0.05, 0.1) is 62.7 Å². The molecule has 0 unspecified atom stereocenters. The molecule has 0 saturated carbocycles. The van der Waals surface area contributed by atoms with Crippen molar-refractivity contribution in [2.75, 3.05) is 0 Å². The van der Waals surface area contributed by atoms with Crippen LogP contribution < -0.4 is 0 Å². The summed E-state index contributed by atoms with van der Waals surface area (Å²) in [5, 5.41) is 34.1. The predicted octanol–water partition coefficient (Wildman–Crippen LogP) is 10.8. The van der Waals surface area contributed by atoms with Crippen LogP contribution in [0.5, 0.6) is 0 Å². The number of rotatable bonds is 4. The van der Waals surface area contributed by atoms with Crippen LogP contribution in [0.4, 0.5) is 0 Å². The number of nitrogens with zero attached hydrogens (tertiary/aromatic N) is 5. The molecule has 230 valence electrons. The van der Waals surface area contributed by atoms with Crippen LogP contribution in [0.15, 0.2) is 152 Å². The second-order valence-electron chi connectivity index (χ2n) is 12.3. The molecule has 0 spiro atoms. The van der Waals surface area contributed by atoms with Crippen LogP contribution in [-0.2, 0) is 0 Å². The first-order valence-electron chi connectivity index (χ1n) is 16.3. The van der Waals surface area contributed by atoms with Crippen molar-refractivity contribution < 1.29 is 0 Å². The standard InChI is InChI=1S/C45H25N5/c46-26-29-21-22-41-38(23-29)45-34(28-48)13-8-20-43(45)49(41)35-14-6-10-31(25-35)30-9-5-11-32(24-30)44-33(27-47)12-7-19-42(44)50-39-17-3-1-15-36(39)37-16-2-4-18-40(37)50/h1-25H. The highest BCUT2D eigenvalue weighted by atomic mass is 15.0. The van der Waals surface area contributed by atoms with Crippen molar-refractivity contribution in [2.45, 2.75) is 0 Å². The van der Waals surface area contributed by atoms with E-state index in [1.54, 1.807) is 0 Å². The van der Waals surface area contributed by atoms with E-state index in [4.69, 9.17) is 0 Å². The van der Waals surface area contributed by atoms with Crippen LogP contribution in [0.1, 0.15) is 16.7 Å². The van der Waals surface area contributed by atoms with Crippen molar-refractivity contribution in [1.82, 2.24) is 9.13 Å². The van der Waals surface area contributed by atoms with Gasteiger partial charge in [-0.3, -0.25) is 0 Å². The molecule has 9 aromatic rings. The first-order chi connectivity index (χ1) is 24.7. The lowest BCUT2D eigenvalue weighted by atomic mass is 9.94. The smallest absolute Gasteiger partial charge is 0.0998 e. The minimum atomic E-state index is 0.549. The highest BCUT2D eigenvalue weighted by Crippen LogP contribution is 2.40. The fraction of sp³-hybridized carbons (Fsp3) is 0. The fourth-order valence-corrected chi connectivity index (χ4v) is 7.50. The Morgan fingerprint density at radius 3 is 1.74 bits per heavy atom. The maximum Gasteiger partial charge on any atom is 0.0998 e. The Hall–Kier alpha value is -7.39. The first-order valence-corrected chi connectivity index (χ1v) is 16.3. The van der Waals surface area contributed by atoms with Crippen LogP contribution >= 0.6 is 0 Å². The van der Waals surface area contributed by atoms with Gasteiger partial charge < -0.3 is 9.13 Å². The molecular formula is C45H25N5. The minimum absolute atomic E-state index is 0.549. The summed E-state index contributed by atoms with van der Waals surface area (Å²) in [6.45, 7) is 0. The Balaban J connectivity index is 1.23. The second-order valence-corrected chi connectivity index (χ2v) is 12.3. The minimum Gasteiger partial charge on any atom is -0.309 e. The van der Waals surface area contributed by atoms with Gasteiger partial charge >= 0.3 is 0 Å². The molecule has 0 aliphatic rings. The van der Waals surface area contributed by atoms with Crippen LogP contribution in [0.25, 0.3) is 77.2 Å². The Kier molecular flexibility index (Phi) is 6.56. The normalized spacial score (nSPS) is 11.1. The highest BCUT2D eigenvalue weighted by Gasteiger charge is 2.19. The summed E-state index contributed by atoms with van der Waals surface area (Å²) >= 11 is 0. The zero-order chi connectivity index (χ0) is 33.8. The molecule has 0 N–H and O–H groups in total. The van der Waals surface area contributed by atoms with Gasteiger partial charge in [0.25, 0.3) is 0 Å². The highest BCUT2D eigenvalue weighted by molar-refractivity contribution is 6.12. The fourth-order valence-electron chi connectivity index (χ4n) is 7.50. The second kappa shape index (κ2) is 11.4. The molecule has 0 radical (unpaired) electrons. The molecule has 0 aliphatic heterocycles. The molecule has 5 heteroatoms. The Labute approximate surface area is 287 Å². The lowest BCUT2D eigenvalue weighted by Gasteiger charge is -2.16. The summed E-state index contributed by atoms with van der Waals surface area (Å²) in [6, 6.07) is 57.9. The molecular weight excluding hydrogens is 611 g/mol. The van der Waals surface area contributed by atoms with Crippen LogP contribution in [-0.4, -0.2) is 9.13 Å². The van der Waals surface area contributed by atoms with E-state index >= 15 is 0 Å². The molecule has 7 aromatic carbocycles. The summed E-state index contributed by atoms with van der Waals surface area (Å²) < 4.78 is 4.43. The van der Waals surface area contributed by atoms with Gasteiger partial charge in [0.15, 0.2) is 0 Å². The largest absolute Gasteiger partial charge is 0.309 e. The number of benzene rings is 7. The summed E-state index contributed by atoms with van der Waals surface area (Å²) in [7, 11) is 0. The number of fused-ring (bicyclic) bond motifs is 6. The number of nitriles is 3. The zero-order valence-electron chi connectivity index (χ0n) is 26.7. The van der Waals surface area contributed by atoms with E-state index in [1.807, 2.05) is 60.7 Å². The van der Waals surface area contributed by atoms with Crippen molar-refractivity contribution in [2.24, 2.45) is 0 Å². The maximum atomic E-state index is 10.4. The molecule has 2 aromatic heterocycles. The van der Waals surface area contributed by atoms with Crippen LogP contribution in [0, 0.1) is 34.0 Å². The quantitative estimate of drug-likeness (QED) is 0.193. The molecule has 0 amide bonds.